The number of aromatic hydroxyl groups is 1. The summed E-state index contributed by atoms with van der Waals surface area (Å²) in [5.74, 6) is -0.511. The molecule has 0 fully saturated rings. The van der Waals surface area contributed by atoms with E-state index in [9.17, 15) is 14.7 Å². The van der Waals surface area contributed by atoms with Gasteiger partial charge >= 0.3 is 0 Å². The number of aryl methyl sites for hydroxylation is 1. The molecular weight excluding hydrogens is 326 g/mol. The second-order valence-electron chi connectivity index (χ2n) is 5.46. The maximum Gasteiger partial charge on any atom is 0.223 e. The standard InChI is InChI=1S/C19H14ClNO3/c1-12-2-4-13(5-3-12)19(24)15-7-6-14(10-16(15)20)21-9-8-17(22)18(23)11-21/h2-11,23H,1H3. The first-order valence-corrected chi connectivity index (χ1v) is 7.66. The van der Waals surface area contributed by atoms with Gasteiger partial charge < -0.3 is 9.67 Å². The fourth-order valence-corrected chi connectivity index (χ4v) is 2.60. The molecular formula is C19H14ClNO3. The van der Waals surface area contributed by atoms with Gasteiger partial charge in [-0.25, -0.2) is 0 Å². The molecule has 0 aliphatic heterocycles. The van der Waals surface area contributed by atoms with Crippen LogP contribution < -0.4 is 5.43 Å². The lowest BCUT2D eigenvalue weighted by Crippen LogP contribution is -2.05. The topological polar surface area (TPSA) is 59.3 Å². The highest BCUT2D eigenvalue weighted by Crippen LogP contribution is 2.23. The van der Waals surface area contributed by atoms with Gasteiger partial charge in [-0.2, -0.15) is 0 Å². The Labute approximate surface area is 143 Å². The Morgan fingerprint density at radius 2 is 1.79 bits per heavy atom. The van der Waals surface area contributed by atoms with Crippen LogP contribution in [0.5, 0.6) is 5.75 Å². The summed E-state index contributed by atoms with van der Waals surface area (Å²) in [6.07, 6.45) is 2.82. The smallest absolute Gasteiger partial charge is 0.223 e. The Bertz CT molecular complexity index is 975. The zero-order chi connectivity index (χ0) is 17.3. The first-order valence-electron chi connectivity index (χ1n) is 7.28. The number of aromatic nitrogens is 1. The van der Waals surface area contributed by atoms with E-state index in [0.717, 1.165) is 5.56 Å². The second-order valence-corrected chi connectivity index (χ2v) is 5.87. The molecule has 1 N–H and O–H groups in total. The predicted molar refractivity (Wildman–Crippen MR) is 93.3 cm³/mol. The zero-order valence-electron chi connectivity index (χ0n) is 12.9. The molecule has 1 aromatic heterocycles. The van der Waals surface area contributed by atoms with Crippen LogP contribution in [-0.2, 0) is 0 Å². The lowest BCUT2D eigenvalue weighted by atomic mass is 10.0. The highest BCUT2D eigenvalue weighted by atomic mass is 35.5. The number of rotatable bonds is 3. The molecule has 0 aliphatic rings. The van der Waals surface area contributed by atoms with Gasteiger partial charge in [-0.05, 0) is 25.1 Å². The van der Waals surface area contributed by atoms with Crippen molar-refractivity contribution < 1.29 is 9.90 Å². The molecule has 0 unspecified atom stereocenters. The number of hydrogen-bond acceptors (Lipinski definition) is 3. The SMILES string of the molecule is Cc1ccc(C(=O)c2ccc(-n3ccc(=O)c(O)c3)cc2Cl)cc1. The van der Waals surface area contributed by atoms with E-state index < -0.39 is 5.43 Å². The van der Waals surface area contributed by atoms with Crippen molar-refractivity contribution in [3.8, 4) is 11.4 Å². The molecule has 0 spiro atoms. The van der Waals surface area contributed by atoms with Crippen LogP contribution in [0.3, 0.4) is 0 Å². The van der Waals surface area contributed by atoms with Crippen LogP contribution in [0, 0.1) is 6.92 Å². The lowest BCUT2D eigenvalue weighted by Gasteiger charge is -2.10. The number of halogens is 1. The van der Waals surface area contributed by atoms with Gasteiger partial charge in [-0.15, -0.1) is 0 Å². The average molecular weight is 340 g/mol. The Kier molecular flexibility index (Phi) is 4.23. The fourth-order valence-electron chi connectivity index (χ4n) is 2.34. The van der Waals surface area contributed by atoms with Crippen LogP contribution in [0.2, 0.25) is 5.02 Å². The Morgan fingerprint density at radius 1 is 1.08 bits per heavy atom. The normalized spacial score (nSPS) is 10.6. The van der Waals surface area contributed by atoms with Gasteiger partial charge in [0.25, 0.3) is 0 Å². The molecule has 24 heavy (non-hydrogen) atoms. The number of nitrogens with zero attached hydrogens (tertiary/aromatic N) is 1. The van der Waals surface area contributed by atoms with E-state index in [1.54, 1.807) is 34.9 Å². The molecule has 2 aromatic carbocycles. The molecule has 120 valence electrons. The summed E-state index contributed by atoms with van der Waals surface area (Å²) in [6, 6.07) is 13.5. The molecule has 0 saturated carbocycles. The number of carbonyl (C=O) groups is 1. The van der Waals surface area contributed by atoms with Gasteiger partial charge in [-0.3, -0.25) is 9.59 Å². The van der Waals surface area contributed by atoms with Crippen molar-refractivity contribution >= 4 is 17.4 Å². The maximum absolute atomic E-state index is 12.6. The maximum atomic E-state index is 12.6. The van der Waals surface area contributed by atoms with Gasteiger partial charge in [0.15, 0.2) is 11.5 Å². The van der Waals surface area contributed by atoms with Crippen molar-refractivity contribution in [2.75, 3.05) is 0 Å². The molecule has 0 radical (unpaired) electrons. The molecule has 3 aromatic rings. The minimum absolute atomic E-state index is 0.158. The predicted octanol–water partition coefficient (Wildman–Crippen LogP) is 3.74. The molecule has 0 bridgehead atoms. The number of hydrogen-bond donors (Lipinski definition) is 1. The molecule has 0 saturated heterocycles. The van der Waals surface area contributed by atoms with Crippen LogP contribution >= 0.6 is 11.6 Å². The first-order chi connectivity index (χ1) is 11.5. The summed E-state index contributed by atoms with van der Waals surface area (Å²) in [4.78, 5) is 23.8. The monoisotopic (exact) mass is 339 g/mol. The van der Waals surface area contributed by atoms with Crippen molar-refractivity contribution in [2.45, 2.75) is 6.92 Å². The summed E-state index contributed by atoms with van der Waals surface area (Å²) in [6.45, 7) is 1.95. The van der Waals surface area contributed by atoms with Gasteiger partial charge in [0.2, 0.25) is 5.43 Å². The molecule has 0 amide bonds. The molecule has 3 rings (SSSR count). The third-order valence-electron chi connectivity index (χ3n) is 3.71. The van der Waals surface area contributed by atoms with E-state index in [2.05, 4.69) is 0 Å². The summed E-state index contributed by atoms with van der Waals surface area (Å²) >= 11 is 6.27. The second kappa shape index (κ2) is 6.34. The summed E-state index contributed by atoms with van der Waals surface area (Å²) in [7, 11) is 0. The Hall–Kier alpha value is -2.85. The summed E-state index contributed by atoms with van der Waals surface area (Å²) < 4.78 is 1.56. The molecule has 4 nitrogen and oxygen atoms in total. The lowest BCUT2D eigenvalue weighted by molar-refractivity contribution is 0.103. The van der Waals surface area contributed by atoms with Crippen molar-refractivity contribution in [1.29, 1.82) is 0 Å². The van der Waals surface area contributed by atoms with E-state index in [1.165, 1.54) is 18.5 Å². The highest BCUT2D eigenvalue weighted by molar-refractivity contribution is 6.35. The van der Waals surface area contributed by atoms with Gasteiger partial charge in [-0.1, -0.05) is 41.4 Å². The zero-order valence-corrected chi connectivity index (χ0v) is 13.6. The highest BCUT2D eigenvalue weighted by Gasteiger charge is 2.13. The Morgan fingerprint density at radius 3 is 2.42 bits per heavy atom. The number of benzene rings is 2. The average Bonchev–Trinajstić information content (AvgIpc) is 2.57. The van der Waals surface area contributed by atoms with Gasteiger partial charge in [0.1, 0.15) is 0 Å². The van der Waals surface area contributed by atoms with E-state index in [-0.39, 0.29) is 11.5 Å². The first kappa shape index (κ1) is 16.0. The van der Waals surface area contributed by atoms with Crippen molar-refractivity contribution in [3.63, 3.8) is 0 Å². The van der Waals surface area contributed by atoms with E-state index in [4.69, 9.17) is 11.6 Å². The van der Waals surface area contributed by atoms with Gasteiger partial charge in [0.05, 0.1) is 11.2 Å². The van der Waals surface area contributed by atoms with E-state index in [0.29, 0.717) is 21.8 Å². The van der Waals surface area contributed by atoms with E-state index in [1.807, 2.05) is 19.1 Å². The molecule has 0 aliphatic carbocycles. The molecule has 5 heteroatoms. The largest absolute Gasteiger partial charge is 0.503 e. The van der Waals surface area contributed by atoms with Crippen molar-refractivity contribution in [2.24, 2.45) is 0 Å². The number of ketones is 1. The van der Waals surface area contributed by atoms with Crippen molar-refractivity contribution in [3.05, 3.63) is 92.9 Å². The summed E-state index contributed by atoms with van der Waals surface area (Å²) in [5.41, 5.74) is 2.22. The number of pyridine rings is 1. The quantitative estimate of drug-likeness (QED) is 0.739. The van der Waals surface area contributed by atoms with E-state index >= 15 is 0 Å². The molecule has 1 heterocycles. The third-order valence-corrected chi connectivity index (χ3v) is 4.02. The van der Waals surface area contributed by atoms with Gasteiger partial charge in [0, 0.05) is 29.1 Å². The minimum atomic E-state index is -0.455. The fraction of sp³-hybridized carbons (Fsp3) is 0.0526. The molecule has 0 atom stereocenters. The third kappa shape index (κ3) is 3.09. The van der Waals surface area contributed by atoms with Crippen LogP contribution in [0.15, 0.2) is 65.7 Å². The van der Waals surface area contributed by atoms with Crippen LogP contribution in [0.1, 0.15) is 21.5 Å². The van der Waals surface area contributed by atoms with Crippen LogP contribution in [0.25, 0.3) is 5.69 Å². The Balaban J connectivity index is 1.97. The minimum Gasteiger partial charge on any atom is -0.503 e. The van der Waals surface area contributed by atoms with Crippen LogP contribution in [0.4, 0.5) is 0 Å². The summed E-state index contributed by atoms with van der Waals surface area (Å²) in [5, 5.41) is 9.83. The van der Waals surface area contributed by atoms with Crippen LogP contribution in [-0.4, -0.2) is 15.5 Å². The van der Waals surface area contributed by atoms with Crippen molar-refractivity contribution in [1.82, 2.24) is 4.57 Å². The number of carbonyl (C=O) groups excluding carboxylic acids is 1.